The molecule has 2 fully saturated rings. The van der Waals surface area contributed by atoms with Crippen LogP contribution in [-0.2, 0) is 14.3 Å². The van der Waals surface area contributed by atoms with Crippen LogP contribution >= 0.6 is 0 Å². The molecule has 7 heteroatoms. The molecule has 2 rings (SSSR count). The topological polar surface area (TPSA) is 89.5 Å². The smallest absolute Gasteiger partial charge is 0.129 e. The first-order valence-electron chi connectivity index (χ1n) is 9.83. The third kappa shape index (κ3) is 5.39. The summed E-state index contributed by atoms with van der Waals surface area (Å²) >= 11 is 0. The van der Waals surface area contributed by atoms with E-state index < -0.39 is 5.60 Å². The largest absolute Gasteiger partial charge is 0.395 e. The average molecular weight is 372 g/mol. The summed E-state index contributed by atoms with van der Waals surface area (Å²) in [6.45, 7) is 5.89. The Morgan fingerprint density at radius 2 is 2.00 bits per heavy atom. The molecule has 0 spiro atoms. The minimum absolute atomic E-state index is 0.106. The van der Waals surface area contributed by atoms with Gasteiger partial charge in [0.15, 0.2) is 0 Å². The van der Waals surface area contributed by atoms with Crippen molar-refractivity contribution in [3.8, 4) is 0 Å². The van der Waals surface area contributed by atoms with Gasteiger partial charge in [0.1, 0.15) is 6.61 Å². The maximum atomic E-state index is 11.3. The molecule has 0 amide bonds. The van der Waals surface area contributed by atoms with Gasteiger partial charge in [-0.3, -0.25) is 0 Å². The maximum Gasteiger partial charge on any atom is 0.129 e. The van der Waals surface area contributed by atoms with Crippen LogP contribution in [0.4, 0.5) is 0 Å². The van der Waals surface area contributed by atoms with Gasteiger partial charge >= 0.3 is 0 Å². The van der Waals surface area contributed by atoms with Crippen LogP contribution in [0, 0.1) is 11.3 Å². The van der Waals surface area contributed by atoms with Crippen LogP contribution in [0.2, 0.25) is 0 Å². The summed E-state index contributed by atoms with van der Waals surface area (Å²) in [5.41, 5.74) is 4.56. The highest BCUT2D eigenvalue weighted by molar-refractivity contribution is 5.62. The van der Waals surface area contributed by atoms with Crippen molar-refractivity contribution in [2.45, 2.75) is 50.7 Å². The van der Waals surface area contributed by atoms with Crippen LogP contribution in [0.15, 0.2) is 5.16 Å². The third-order valence-corrected chi connectivity index (χ3v) is 6.09. The monoisotopic (exact) mass is 371 g/mol. The highest BCUT2D eigenvalue weighted by Crippen LogP contribution is 2.57. The molecular formula is C19H37N3O4. The van der Waals surface area contributed by atoms with Gasteiger partial charge < -0.3 is 30.1 Å². The van der Waals surface area contributed by atoms with Gasteiger partial charge in [-0.25, -0.2) is 0 Å². The van der Waals surface area contributed by atoms with E-state index in [-0.39, 0.29) is 17.4 Å². The van der Waals surface area contributed by atoms with Gasteiger partial charge in [-0.1, -0.05) is 12.1 Å². The molecule has 0 saturated heterocycles. The standard InChI is InChI=1S/C19H37N3O4/c1-18-6-5-17(25-13-12-24-11-9-22(2)3)14-19(18,23)7-4-16(18)15-21-26-10-8-20/h15-17,23H,4-14,20H2,1-3H3/t16-,17+,18-,19+/m1/s1. The van der Waals surface area contributed by atoms with Crippen molar-refractivity contribution < 1.29 is 19.4 Å². The molecule has 0 radical (unpaired) electrons. The Morgan fingerprint density at radius 1 is 1.19 bits per heavy atom. The number of hydrogen-bond donors (Lipinski definition) is 2. The molecule has 0 aromatic carbocycles. The molecule has 2 aliphatic rings. The minimum Gasteiger partial charge on any atom is -0.395 e. The number of nitrogens with two attached hydrogens (primary N) is 1. The Bertz CT molecular complexity index is 449. The van der Waals surface area contributed by atoms with E-state index in [1.54, 1.807) is 0 Å². The van der Waals surface area contributed by atoms with Gasteiger partial charge in [0, 0.05) is 37.1 Å². The molecule has 7 nitrogen and oxygen atoms in total. The van der Waals surface area contributed by atoms with E-state index in [9.17, 15) is 5.11 Å². The lowest BCUT2D eigenvalue weighted by Gasteiger charge is -2.48. The van der Waals surface area contributed by atoms with Crippen molar-refractivity contribution in [3.63, 3.8) is 0 Å². The lowest BCUT2D eigenvalue weighted by atomic mass is 9.62. The predicted octanol–water partition coefficient (Wildman–Crippen LogP) is 1.24. The molecule has 0 unspecified atom stereocenters. The van der Waals surface area contributed by atoms with Crippen molar-refractivity contribution in [3.05, 3.63) is 0 Å². The molecule has 0 aromatic rings. The van der Waals surface area contributed by atoms with Gasteiger partial charge in [0.2, 0.25) is 0 Å². The normalized spacial score (nSPS) is 34.5. The minimum atomic E-state index is -0.688. The van der Waals surface area contributed by atoms with Crippen LogP contribution in [0.5, 0.6) is 0 Å². The summed E-state index contributed by atoms with van der Waals surface area (Å²) in [4.78, 5) is 7.24. The Morgan fingerprint density at radius 3 is 2.73 bits per heavy atom. The van der Waals surface area contributed by atoms with Gasteiger partial charge in [-0.2, -0.15) is 0 Å². The Balaban J connectivity index is 1.76. The van der Waals surface area contributed by atoms with Crippen LogP contribution in [0.1, 0.15) is 39.0 Å². The van der Waals surface area contributed by atoms with E-state index in [1.807, 2.05) is 20.3 Å². The molecular weight excluding hydrogens is 334 g/mol. The van der Waals surface area contributed by atoms with Crippen LogP contribution in [0.3, 0.4) is 0 Å². The van der Waals surface area contributed by atoms with Crippen LogP contribution in [0.25, 0.3) is 0 Å². The van der Waals surface area contributed by atoms with Crippen LogP contribution < -0.4 is 5.73 Å². The quantitative estimate of drug-likeness (QED) is 0.323. The second-order valence-corrected chi connectivity index (χ2v) is 8.12. The van der Waals surface area contributed by atoms with E-state index in [4.69, 9.17) is 20.0 Å². The molecule has 3 N–H and O–H groups in total. The summed E-state index contributed by atoms with van der Waals surface area (Å²) in [5.74, 6) is 0.237. The molecule has 152 valence electrons. The number of likely N-dealkylation sites (N-methyl/N-ethyl adjacent to an activating group) is 1. The first-order chi connectivity index (χ1) is 12.4. The molecule has 26 heavy (non-hydrogen) atoms. The highest BCUT2D eigenvalue weighted by Gasteiger charge is 2.58. The summed E-state index contributed by atoms with van der Waals surface area (Å²) in [6.07, 6.45) is 6.28. The third-order valence-electron chi connectivity index (χ3n) is 6.09. The zero-order valence-corrected chi connectivity index (χ0v) is 16.7. The zero-order chi connectivity index (χ0) is 19.0. The summed E-state index contributed by atoms with van der Waals surface area (Å²) in [7, 11) is 4.06. The first-order valence-corrected chi connectivity index (χ1v) is 9.83. The van der Waals surface area contributed by atoms with Gasteiger partial charge in [0.25, 0.3) is 0 Å². The number of oxime groups is 1. The van der Waals surface area contributed by atoms with E-state index >= 15 is 0 Å². The molecule has 2 aliphatic carbocycles. The first kappa shape index (κ1) is 21.6. The van der Waals surface area contributed by atoms with Crippen molar-refractivity contribution in [1.29, 1.82) is 0 Å². The Kier molecular flexibility index (Phi) is 8.29. The fourth-order valence-electron chi connectivity index (χ4n) is 4.26. The van der Waals surface area contributed by atoms with E-state index in [0.29, 0.717) is 32.8 Å². The number of hydrogen-bond acceptors (Lipinski definition) is 7. The van der Waals surface area contributed by atoms with Gasteiger partial charge in [-0.05, 0) is 39.8 Å². The number of ether oxygens (including phenoxy) is 2. The number of rotatable bonds is 11. The van der Waals surface area contributed by atoms with Gasteiger partial charge in [-0.15, -0.1) is 0 Å². The van der Waals surface area contributed by atoms with Crippen molar-refractivity contribution in [2.75, 3.05) is 53.6 Å². The maximum absolute atomic E-state index is 11.3. The van der Waals surface area contributed by atoms with Crippen molar-refractivity contribution in [1.82, 2.24) is 4.90 Å². The Labute approximate surface area is 157 Å². The van der Waals surface area contributed by atoms with Crippen LogP contribution in [-0.4, -0.2) is 81.5 Å². The molecule has 0 aliphatic heterocycles. The predicted molar refractivity (Wildman–Crippen MR) is 102 cm³/mol. The lowest BCUT2D eigenvalue weighted by Crippen LogP contribution is -2.51. The Hall–Kier alpha value is -0.730. The number of aliphatic hydroxyl groups is 1. The SMILES string of the molecule is CN(C)CCOCCO[C@H]1CC[C@]2(C)[C@@H](C=NOCCN)CC[C@]2(O)C1. The van der Waals surface area contributed by atoms with Crippen molar-refractivity contribution >= 4 is 6.21 Å². The average Bonchev–Trinajstić information content (AvgIpc) is 2.85. The summed E-state index contributed by atoms with van der Waals surface area (Å²) in [5, 5.41) is 15.3. The van der Waals surface area contributed by atoms with E-state index in [0.717, 1.165) is 38.8 Å². The van der Waals surface area contributed by atoms with E-state index in [2.05, 4.69) is 17.0 Å². The summed E-state index contributed by atoms with van der Waals surface area (Å²) in [6, 6.07) is 0. The van der Waals surface area contributed by atoms with Gasteiger partial charge in [0.05, 0.1) is 31.5 Å². The molecule has 0 aromatic heterocycles. The fraction of sp³-hybridized carbons (Fsp3) is 0.947. The second kappa shape index (κ2) is 9.99. The zero-order valence-electron chi connectivity index (χ0n) is 16.7. The summed E-state index contributed by atoms with van der Waals surface area (Å²) < 4.78 is 11.6. The molecule has 2 saturated carbocycles. The lowest BCUT2D eigenvalue weighted by molar-refractivity contribution is -0.140. The number of nitrogens with zero attached hydrogens (tertiary/aromatic N) is 2. The van der Waals surface area contributed by atoms with Crippen molar-refractivity contribution in [2.24, 2.45) is 22.2 Å². The molecule has 0 heterocycles. The van der Waals surface area contributed by atoms with E-state index in [1.165, 1.54) is 0 Å². The highest BCUT2D eigenvalue weighted by atomic mass is 16.6. The second-order valence-electron chi connectivity index (χ2n) is 8.12. The molecule has 4 atom stereocenters. The number of fused-ring (bicyclic) bond motifs is 1. The molecule has 0 bridgehead atoms. The fourth-order valence-corrected chi connectivity index (χ4v) is 4.26.